The van der Waals surface area contributed by atoms with Gasteiger partial charge in [0.25, 0.3) is 0 Å². The molecule has 1 N–H and O–H groups in total. The van der Waals surface area contributed by atoms with E-state index in [-0.39, 0.29) is 23.5 Å². The minimum atomic E-state index is -2.95. The summed E-state index contributed by atoms with van der Waals surface area (Å²) >= 11 is 0. The molecule has 1 heterocycles. The number of amides is 1. The number of carbonyl (C=O) groups excluding carboxylic acids is 1. The van der Waals surface area contributed by atoms with Gasteiger partial charge in [0.2, 0.25) is 5.91 Å². The topological polar surface area (TPSA) is 63.2 Å². The Kier molecular flexibility index (Phi) is 4.04. The van der Waals surface area contributed by atoms with Crippen LogP contribution in [0.3, 0.4) is 0 Å². The number of hydrogen-bond donors (Lipinski definition) is 1. The quantitative estimate of drug-likeness (QED) is 0.849. The fourth-order valence-electron chi connectivity index (χ4n) is 2.01. The molecule has 1 saturated heterocycles. The molecule has 1 aliphatic rings. The Labute approximate surface area is 113 Å². The third-order valence-electron chi connectivity index (χ3n) is 3.08. The number of hydrogen-bond acceptors (Lipinski definition) is 3. The van der Waals surface area contributed by atoms with Crippen molar-refractivity contribution in [2.24, 2.45) is 0 Å². The molecule has 1 aromatic rings. The molecule has 2 rings (SSSR count). The van der Waals surface area contributed by atoms with Gasteiger partial charge in [0.05, 0.1) is 11.5 Å². The van der Waals surface area contributed by atoms with Crippen LogP contribution < -0.4 is 5.32 Å². The number of aryl methyl sites for hydroxylation is 1. The largest absolute Gasteiger partial charge is 0.349 e. The summed E-state index contributed by atoms with van der Waals surface area (Å²) in [5.74, 6) is -0.0285. The molecular weight excluding hydrogens is 262 g/mol. The van der Waals surface area contributed by atoms with Crippen molar-refractivity contribution >= 4 is 21.8 Å². The lowest BCUT2D eigenvalue weighted by Crippen LogP contribution is -2.34. The van der Waals surface area contributed by atoms with Crippen molar-refractivity contribution in [3.63, 3.8) is 0 Å². The third kappa shape index (κ3) is 4.21. The molecule has 1 aliphatic heterocycles. The molecule has 0 aromatic heterocycles. The second kappa shape index (κ2) is 5.57. The van der Waals surface area contributed by atoms with E-state index >= 15 is 0 Å². The van der Waals surface area contributed by atoms with E-state index in [1.165, 1.54) is 6.08 Å². The Hall–Kier alpha value is -1.62. The first-order valence-electron chi connectivity index (χ1n) is 6.20. The van der Waals surface area contributed by atoms with Gasteiger partial charge < -0.3 is 5.32 Å². The van der Waals surface area contributed by atoms with Crippen LogP contribution in [0.5, 0.6) is 0 Å². The maximum Gasteiger partial charge on any atom is 0.244 e. The summed E-state index contributed by atoms with van der Waals surface area (Å²) in [5.41, 5.74) is 2.11. The van der Waals surface area contributed by atoms with E-state index in [1.807, 2.05) is 31.2 Å². The Balaban J connectivity index is 1.89. The average molecular weight is 279 g/mol. The highest BCUT2D eigenvalue weighted by atomic mass is 32.2. The third-order valence-corrected chi connectivity index (χ3v) is 4.85. The highest BCUT2D eigenvalue weighted by Gasteiger charge is 2.28. The second-order valence-electron chi connectivity index (χ2n) is 4.85. The van der Waals surface area contributed by atoms with Gasteiger partial charge in [0.1, 0.15) is 0 Å². The van der Waals surface area contributed by atoms with Crippen molar-refractivity contribution in [2.45, 2.75) is 19.4 Å². The molecule has 1 fully saturated rings. The summed E-state index contributed by atoms with van der Waals surface area (Å²) in [6.07, 6.45) is 3.67. The molecule has 19 heavy (non-hydrogen) atoms. The Morgan fingerprint density at radius 2 is 2.00 bits per heavy atom. The molecule has 1 amide bonds. The minimum Gasteiger partial charge on any atom is -0.349 e. The lowest BCUT2D eigenvalue weighted by Gasteiger charge is -2.07. The number of rotatable bonds is 3. The van der Waals surface area contributed by atoms with Gasteiger partial charge >= 0.3 is 0 Å². The summed E-state index contributed by atoms with van der Waals surface area (Å²) in [5, 5.41) is 2.71. The van der Waals surface area contributed by atoms with E-state index in [1.54, 1.807) is 6.08 Å². The smallest absolute Gasteiger partial charge is 0.244 e. The molecule has 1 aromatic carbocycles. The predicted molar refractivity (Wildman–Crippen MR) is 75.4 cm³/mol. The number of sulfone groups is 1. The van der Waals surface area contributed by atoms with Crippen LogP contribution in [0.1, 0.15) is 17.5 Å². The predicted octanol–water partition coefficient (Wildman–Crippen LogP) is 1.31. The monoisotopic (exact) mass is 279 g/mol. The van der Waals surface area contributed by atoms with Crippen LogP contribution in [0, 0.1) is 6.92 Å². The van der Waals surface area contributed by atoms with Crippen molar-refractivity contribution in [3.8, 4) is 0 Å². The summed E-state index contributed by atoms with van der Waals surface area (Å²) in [6, 6.07) is 7.56. The van der Waals surface area contributed by atoms with Crippen molar-refractivity contribution in [1.82, 2.24) is 5.32 Å². The van der Waals surface area contributed by atoms with Crippen LogP contribution >= 0.6 is 0 Å². The van der Waals surface area contributed by atoms with Crippen LogP contribution in [0.2, 0.25) is 0 Å². The van der Waals surface area contributed by atoms with E-state index in [2.05, 4.69) is 5.32 Å². The molecule has 0 aliphatic carbocycles. The Bertz CT molecular complexity index is 588. The molecular formula is C14H17NO3S. The Morgan fingerprint density at radius 3 is 2.58 bits per heavy atom. The maximum atomic E-state index is 11.7. The first kappa shape index (κ1) is 13.8. The lowest BCUT2D eigenvalue weighted by molar-refractivity contribution is -0.116. The molecule has 4 nitrogen and oxygen atoms in total. The Morgan fingerprint density at radius 1 is 1.32 bits per heavy atom. The van der Waals surface area contributed by atoms with Gasteiger partial charge in [-0.2, -0.15) is 0 Å². The first-order chi connectivity index (χ1) is 8.94. The van der Waals surface area contributed by atoms with E-state index in [9.17, 15) is 13.2 Å². The van der Waals surface area contributed by atoms with Crippen LogP contribution in [0.25, 0.3) is 6.08 Å². The molecule has 0 saturated carbocycles. The van der Waals surface area contributed by atoms with Crippen molar-refractivity contribution in [2.75, 3.05) is 11.5 Å². The number of nitrogens with one attached hydrogen (secondary N) is 1. The molecule has 5 heteroatoms. The van der Waals surface area contributed by atoms with E-state index in [0.29, 0.717) is 6.42 Å². The zero-order valence-corrected chi connectivity index (χ0v) is 11.6. The molecule has 0 radical (unpaired) electrons. The van der Waals surface area contributed by atoms with Gasteiger partial charge in [0.15, 0.2) is 9.84 Å². The number of benzene rings is 1. The summed E-state index contributed by atoms with van der Waals surface area (Å²) in [4.78, 5) is 11.7. The van der Waals surface area contributed by atoms with Gasteiger partial charge in [-0.3, -0.25) is 4.79 Å². The first-order valence-corrected chi connectivity index (χ1v) is 8.02. The van der Waals surface area contributed by atoms with E-state index in [4.69, 9.17) is 0 Å². The van der Waals surface area contributed by atoms with Gasteiger partial charge in [-0.25, -0.2) is 8.42 Å². The molecule has 1 atom stereocenters. The standard InChI is InChI=1S/C14H17NO3S/c1-11-2-4-12(5-3-11)6-7-14(16)15-13-8-9-19(17,18)10-13/h2-7,13H,8-10H2,1H3,(H,15,16)/b7-6+/t13-/m1/s1. The van der Waals surface area contributed by atoms with Gasteiger partial charge in [-0.1, -0.05) is 29.8 Å². The van der Waals surface area contributed by atoms with E-state index in [0.717, 1.165) is 11.1 Å². The van der Waals surface area contributed by atoms with Crippen molar-refractivity contribution in [1.29, 1.82) is 0 Å². The van der Waals surface area contributed by atoms with Crippen LogP contribution in [-0.4, -0.2) is 31.9 Å². The SMILES string of the molecule is Cc1ccc(/C=C/C(=O)N[C@@H]2CCS(=O)(=O)C2)cc1. The fraction of sp³-hybridized carbons (Fsp3) is 0.357. The number of carbonyl (C=O) groups is 1. The second-order valence-corrected chi connectivity index (χ2v) is 7.08. The van der Waals surface area contributed by atoms with Crippen molar-refractivity contribution in [3.05, 3.63) is 41.5 Å². The summed E-state index contributed by atoms with van der Waals surface area (Å²) in [6.45, 7) is 2.00. The highest BCUT2D eigenvalue weighted by Crippen LogP contribution is 2.11. The van der Waals surface area contributed by atoms with Crippen LogP contribution in [0.4, 0.5) is 0 Å². The summed E-state index contributed by atoms with van der Waals surface area (Å²) < 4.78 is 22.5. The highest BCUT2D eigenvalue weighted by molar-refractivity contribution is 7.91. The summed E-state index contributed by atoms with van der Waals surface area (Å²) in [7, 11) is -2.95. The zero-order chi connectivity index (χ0) is 13.9. The van der Waals surface area contributed by atoms with Gasteiger partial charge in [-0.15, -0.1) is 0 Å². The lowest BCUT2D eigenvalue weighted by atomic mass is 10.1. The fourth-order valence-corrected chi connectivity index (χ4v) is 3.68. The zero-order valence-electron chi connectivity index (χ0n) is 10.8. The average Bonchev–Trinajstić information content (AvgIpc) is 2.68. The minimum absolute atomic E-state index is 0.0527. The molecule has 0 unspecified atom stereocenters. The molecule has 102 valence electrons. The van der Waals surface area contributed by atoms with Gasteiger partial charge in [0, 0.05) is 12.1 Å². The normalized spacial score (nSPS) is 21.6. The molecule has 0 bridgehead atoms. The maximum absolute atomic E-state index is 11.7. The molecule has 0 spiro atoms. The van der Waals surface area contributed by atoms with Gasteiger partial charge in [-0.05, 0) is 25.0 Å². The van der Waals surface area contributed by atoms with Crippen molar-refractivity contribution < 1.29 is 13.2 Å². The van der Waals surface area contributed by atoms with E-state index < -0.39 is 9.84 Å². The van der Waals surface area contributed by atoms with Crippen LogP contribution in [-0.2, 0) is 14.6 Å². The van der Waals surface area contributed by atoms with Crippen LogP contribution in [0.15, 0.2) is 30.3 Å².